The van der Waals surface area contributed by atoms with Crippen LogP contribution >= 0.6 is 11.6 Å². The van der Waals surface area contributed by atoms with Crippen LogP contribution in [0, 0.1) is 0 Å². The predicted molar refractivity (Wildman–Crippen MR) is 143 cm³/mol. The number of nitrogens with two attached hydrogens (primary N) is 1. The third-order valence-electron chi connectivity index (χ3n) is 5.91. The number of ether oxygens (including phenoxy) is 2. The molecule has 4 amide bonds. The van der Waals surface area contributed by atoms with Gasteiger partial charge in [0, 0.05) is 24.8 Å². The highest BCUT2D eigenvalue weighted by atomic mass is 35.5. The fourth-order valence-corrected chi connectivity index (χ4v) is 4.26. The molecule has 0 aliphatic carbocycles. The molecule has 0 saturated carbocycles. The largest absolute Gasteiger partial charge is 0.494 e. The second kappa shape index (κ2) is 11.8. The molecule has 3 N–H and O–H groups in total. The Bertz CT molecular complexity index is 1150. The number of urea groups is 1. The molecule has 2 atom stereocenters. The quantitative estimate of drug-likeness (QED) is 0.562. The molecule has 1 unspecified atom stereocenters. The van der Waals surface area contributed by atoms with Gasteiger partial charge in [0.25, 0.3) is 5.91 Å². The van der Waals surface area contributed by atoms with Crippen LogP contribution in [0.5, 0.6) is 5.75 Å². The molecule has 0 radical (unpaired) electrons. The molecule has 1 aliphatic heterocycles. The number of hydrogen-bond acceptors (Lipinski definition) is 5. The van der Waals surface area contributed by atoms with E-state index >= 15 is 0 Å². The summed E-state index contributed by atoms with van der Waals surface area (Å²) >= 11 is 6.45. The number of anilines is 1. The number of amides is 4. The van der Waals surface area contributed by atoms with E-state index in [2.05, 4.69) is 5.32 Å². The van der Waals surface area contributed by atoms with Crippen LogP contribution in [0.4, 0.5) is 10.5 Å². The van der Waals surface area contributed by atoms with Crippen LogP contribution in [0.1, 0.15) is 50.5 Å². The van der Waals surface area contributed by atoms with Crippen molar-refractivity contribution in [2.75, 3.05) is 24.7 Å². The summed E-state index contributed by atoms with van der Waals surface area (Å²) < 4.78 is 11.2. The first-order chi connectivity index (χ1) is 17.4. The number of rotatable bonds is 7. The van der Waals surface area contributed by atoms with Crippen molar-refractivity contribution < 1.29 is 23.9 Å². The Morgan fingerprint density at radius 2 is 1.89 bits per heavy atom. The molecule has 3 rings (SSSR count). The maximum atomic E-state index is 13.7. The van der Waals surface area contributed by atoms with Gasteiger partial charge in [-0.05, 0) is 64.4 Å². The minimum absolute atomic E-state index is 0.0514. The van der Waals surface area contributed by atoms with E-state index in [9.17, 15) is 14.4 Å². The summed E-state index contributed by atoms with van der Waals surface area (Å²) in [5.41, 5.74) is 6.82. The van der Waals surface area contributed by atoms with Crippen molar-refractivity contribution in [2.45, 2.75) is 58.8 Å². The average Bonchev–Trinajstić information content (AvgIpc) is 2.97. The molecule has 2 aromatic rings. The monoisotopic (exact) mass is 530 g/mol. The van der Waals surface area contributed by atoms with Crippen molar-refractivity contribution in [3.8, 4) is 5.75 Å². The van der Waals surface area contributed by atoms with Crippen molar-refractivity contribution in [3.63, 3.8) is 0 Å². The maximum absolute atomic E-state index is 13.7. The van der Waals surface area contributed by atoms with Gasteiger partial charge in [-0.15, -0.1) is 0 Å². The lowest BCUT2D eigenvalue weighted by Crippen LogP contribution is -2.55. The summed E-state index contributed by atoms with van der Waals surface area (Å²) in [5, 5.41) is 2.98. The van der Waals surface area contributed by atoms with Crippen molar-refractivity contribution in [1.82, 2.24) is 10.2 Å². The molecule has 200 valence electrons. The zero-order valence-electron chi connectivity index (χ0n) is 21.9. The molecule has 10 heteroatoms. The van der Waals surface area contributed by atoms with E-state index in [1.165, 1.54) is 0 Å². The smallest absolute Gasteiger partial charge is 0.318 e. The molecule has 0 aromatic heterocycles. The lowest BCUT2D eigenvalue weighted by molar-refractivity contribution is -0.122. The molecule has 0 fully saturated rings. The number of benzene rings is 2. The second-order valence-corrected chi connectivity index (χ2v) is 10.3. The van der Waals surface area contributed by atoms with Gasteiger partial charge in [-0.25, -0.2) is 4.79 Å². The van der Waals surface area contributed by atoms with Crippen LogP contribution in [0.25, 0.3) is 0 Å². The van der Waals surface area contributed by atoms with Crippen molar-refractivity contribution in [3.05, 3.63) is 58.6 Å². The first kappa shape index (κ1) is 28.3. The summed E-state index contributed by atoms with van der Waals surface area (Å²) in [4.78, 5) is 42.2. The zero-order chi connectivity index (χ0) is 27.3. The van der Waals surface area contributed by atoms with Gasteiger partial charge in [0.15, 0.2) is 0 Å². The number of para-hydroxylation sites is 1. The van der Waals surface area contributed by atoms with Crippen LogP contribution in [-0.4, -0.2) is 60.2 Å². The summed E-state index contributed by atoms with van der Waals surface area (Å²) in [6, 6.07) is 10.5. The fourth-order valence-electron chi connectivity index (χ4n) is 4.00. The predicted octanol–water partition coefficient (Wildman–Crippen LogP) is 3.97. The summed E-state index contributed by atoms with van der Waals surface area (Å²) in [6.45, 7) is 10.1. The highest BCUT2D eigenvalue weighted by Crippen LogP contribution is 2.31. The molecule has 0 spiro atoms. The Kier molecular flexibility index (Phi) is 9.04. The van der Waals surface area contributed by atoms with E-state index in [4.69, 9.17) is 26.8 Å². The lowest BCUT2D eigenvalue weighted by atomic mass is 10.1. The third-order valence-corrected chi connectivity index (χ3v) is 6.23. The van der Waals surface area contributed by atoms with E-state index in [0.717, 1.165) is 5.56 Å². The molecule has 0 saturated heterocycles. The normalized spacial score (nSPS) is 16.4. The first-order valence-corrected chi connectivity index (χ1v) is 12.6. The number of hydrogen-bond donors (Lipinski definition) is 2. The molecule has 9 nitrogen and oxygen atoms in total. The minimum atomic E-state index is -1.00. The lowest BCUT2D eigenvalue weighted by Gasteiger charge is -2.31. The van der Waals surface area contributed by atoms with Crippen LogP contribution in [0.15, 0.2) is 42.5 Å². The molecule has 2 aromatic carbocycles. The molecule has 0 bridgehead atoms. The van der Waals surface area contributed by atoms with Crippen molar-refractivity contribution in [1.29, 1.82) is 0 Å². The highest BCUT2D eigenvalue weighted by molar-refractivity contribution is 6.34. The topological polar surface area (TPSA) is 114 Å². The SMILES string of the molecule is CCOc1ccc(C(=O)N2C[C@@H](C)N(C(=O)NC(COC(C)(C)C)C(N)=O)Cc3ccccc32)c(Cl)c1. The van der Waals surface area contributed by atoms with Crippen LogP contribution < -0.4 is 20.7 Å². The number of primary amides is 1. The van der Waals surface area contributed by atoms with E-state index in [1.54, 1.807) is 28.0 Å². The standard InChI is InChI=1S/C27H35ClN4O5/c1-6-36-19-11-12-20(21(28)13-19)25(34)32-14-17(2)31(15-18-9-7-8-10-23(18)32)26(35)30-22(24(29)33)16-37-27(3,4)5/h7-13,17,22H,6,14-16H2,1-5H3,(H2,29,33)(H,30,35)/t17-,22?/m1/s1. The number of carbonyl (C=O) groups excluding carboxylic acids is 3. The summed E-state index contributed by atoms with van der Waals surface area (Å²) in [5.74, 6) is -0.401. The van der Waals surface area contributed by atoms with Gasteiger partial charge in [-0.3, -0.25) is 9.59 Å². The molecular formula is C27H35ClN4O5. The zero-order valence-corrected chi connectivity index (χ0v) is 22.7. The minimum Gasteiger partial charge on any atom is -0.494 e. The van der Waals surface area contributed by atoms with Gasteiger partial charge < -0.3 is 30.3 Å². The molecular weight excluding hydrogens is 496 g/mol. The third kappa shape index (κ3) is 7.14. The van der Waals surface area contributed by atoms with Gasteiger partial charge in [-0.2, -0.15) is 0 Å². The summed E-state index contributed by atoms with van der Waals surface area (Å²) in [7, 11) is 0. The van der Waals surface area contributed by atoms with Gasteiger partial charge in [0.2, 0.25) is 5.91 Å². The molecule has 1 heterocycles. The Balaban J connectivity index is 1.86. The van der Waals surface area contributed by atoms with Crippen molar-refractivity contribution in [2.24, 2.45) is 5.73 Å². The van der Waals surface area contributed by atoms with Gasteiger partial charge >= 0.3 is 6.03 Å². The van der Waals surface area contributed by atoms with Crippen LogP contribution in [0.2, 0.25) is 5.02 Å². The Labute approximate surface area is 222 Å². The Hall–Kier alpha value is -3.30. The van der Waals surface area contributed by atoms with Gasteiger partial charge in [-0.1, -0.05) is 29.8 Å². The van der Waals surface area contributed by atoms with E-state index in [0.29, 0.717) is 23.6 Å². The summed E-state index contributed by atoms with van der Waals surface area (Å²) in [6.07, 6.45) is 0. The van der Waals surface area contributed by atoms with Crippen LogP contribution in [0.3, 0.4) is 0 Å². The fraction of sp³-hybridized carbons (Fsp3) is 0.444. The van der Waals surface area contributed by atoms with Gasteiger partial charge in [0.05, 0.1) is 29.4 Å². The van der Waals surface area contributed by atoms with E-state index < -0.39 is 29.6 Å². The Morgan fingerprint density at radius 3 is 2.51 bits per heavy atom. The number of nitrogens with one attached hydrogen (secondary N) is 1. The van der Waals surface area contributed by atoms with Crippen LogP contribution in [-0.2, 0) is 16.1 Å². The highest BCUT2D eigenvalue weighted by Gasteiger charge is 2.33. The molecule has 37 heavy (non-hydrogen) atoms. The average molecular weight is 531 g/mol. The number of halogens is 1. The number of carbonyl (C=O) groups is 3. The first-order valence-electron chi connectivity index (χ1n) is 12.2. The van der Waals surface area contributed by atoms with E-state index in [1.807, 2.05) is 58.9 Å². The van der Waals surface area contributed by atoms with Crippen molar-refractivity contribution >= 4 is 35.1 Å². The number of fused-ring (bicyclic) bond motifs is 1. The Morgan fingerprint density at radius 1 is 1.19 bits per heavy atom. The van der Waals surface area contributed by atoms with E-state index in [-0.39, 0.29) is 30.6 Å². The maximum Gasteiger partial charge on any atom is 0.318 e. The van der Waals surface area contributed by atoms with Gasteiger partial charge in [0.1, 0.15) is 11.8 Å². The number of nitrogens with zero attached hydrogens (tertiary/aromatic N) is 2. The second-order valence-electron chi connectivity index (χ2n) is 9.92. The molecule has 1 aliphatic rings.